The van der Waals surface area contributed by atoms with Gasteiger partial charge >= 0.3 is 0 Å². The third-order valence-corrected chi connectivity index (χ3v) is 5.88. The first-order chi connectivity index (χ1) is 18.5. The first-order valence-corrected chi connectivity index (χ1v) is 12.1. The van der Waals surface area contributed by atoms with Crippen LogP contribution in [0.1, 0.15) is 36.9 Å². The summed E-state index contributed by atoms with van der Waals surface area (Å²) in [4.78, 5) is 20.8. The number of nitrogens with one attached hydrogen (secondary N) is 1. The number of unbranched alkanes of at least 4 members (excludes halogenated alkanes) is 1. The van der Waals surface area contributed by atoms with E-state index in [2.05, 4.69) is 25.5 Å². The van der Waals surface area contributed by atoms with Gasteiger partial charge in [-0.05, 0) is 36.6 Å². The molecule has 3 N–H and O–H groups in total. The number of aryl methyl sites for hydroxylation is 1. The quantitative estimate of drug-likeness (QED) is 0.266. The van der Waals surface area contributed by atoms with Crippen LogP contribution in [0.5, 0.6) is 23.1 Å². The summed E-state index contributed by atoms with van der Waals surface area (Å²) in [5.41, 5.74) is 1.96. The summed E-state index contributed by atoms with van der Waals surface area (Å²) in [6.45, 7) is 2.33. The van der Waals surface area contributed by atoms with E-state index in [-0.39, 0.29) is 35.4 Å². The predicted octanol–water partition coefficient (Wildman–Crippen LogP) is 3.82. The van der Waals surface area contributed by atoms with Gasteiger partial charge in [-0.25, -0.2) is 4.98 Å². The maximum atomic E-state index is 12.4. The number of rotatable bonds is 11. The molecule has 1 aromatic carbocycles. The summed E-state index contributed by atoms with van der Waals surface area (Å²) in [6.07, 6.45) is 5.25. The lowest BCUT2D eigenvalue weighted by molar-refractivity contribution is -0.120. The second kappa shape index (κ2) is 12.0. The normalized spacial score (nSPS) is 10.8. The molecule has 0 radical (unpaired) electrons. The van der Waals surface area contributed by atoms with E-state index in [9.17, 15) is 15.0 Å². The molecule has 0 saturated carbocycles. The average Bonchev–Trinajstić information content (AvgIpc) is 3.38. The number of aromatic hydroxyl groups is 2. The van der Waals surface area contributed by atoms with Gasteiger partial charge in [-0.1, -0.05) is 25.5 Å². The van der Waals surface area contributed by atoms with Crippen molar-refractivity contribution < 1.29 is 28.9 Å². The van der Waals surface area contributed by atoms with Gasteiger partial charge in [0.15, 0.2) is 0 Å². The van der Waals surface area contributed by atoms with Gasteiger partial charge in [-0.15, -0.1) is 10.2 Å². The van der Waals surface area contributed by atoms with Crippen LogP contribution >= 0.6 is 0 Å². The summed E-state index contributed by atoms with van der Waals surface area (Å²) in [7, 11) is 3.03. The highest BCUT2D eigenvalue weighted by molar-refractivity contribution is 5.88. The molecule has 0 fully saturated rings. The average molecular weight is 520 g/mol. The Morgan fingerprint density at radius 2 is 1.79 bits per heavy atom. The predicted molar refractivity (Wildman–Crippen MR) is 138 cm³/mol. The summed E-state index contributed by atoms with van der Waals surface area (Å²) in [6, 6.07) is 8.86. The van der Waals surface area contributed by atoms with E-state index >= 15 is 0 Å². The molecule has 0 aliphatic heterocycles. The zero-order valence-electron chi connectivity index (χ0n) is 21.4. The minimum Gasteiger partial charge on any atom is -0.506 e. The maximum Gasteiger partial charge on any atom is 0.257 e. The molecule has 11 heteroatoms. The molecule has 198 valence electrons. The smallest absolute Gasteiger partial charge is 0.257 e. The number of carbonyl (C=O) groups excluding carboxylic acids is 1. The second-order valence-electron chi connectivity index (χ2n) is 8.44. The third kappa shape index (κ3) is 5.66. The molecule has 0 aliphatic rings. The van der Waals surface area contributed by atoms with Gasteiger partial charge in [0.05, 0.1) is 31.0 Å². The Labute approximate surface area is 219 Å². The first kappa shape index (κ1) is 26.4. The Kier molecular flexibility index (Phi) is 8.37. The molecule has 11 nitrogen and oxygen atoms in total. The molecule has 0 bridgehead atoms. The van der Waals surface area contributed by atoms with Crippen molar-refractivity contribution in [2.45, 2.75) is 39.2 Å². The van der Waals surface area contributed by atoms with E-state index in [1.54, 1.807) is 36.7 Å². The number of methoxy groups -OCH3 is 2. The van der Waals surface area contributed by atoms with Crippen molar-refractivity contribution in [1.82, 2.24) is 25.5 Å². The van der Waals surface area contributed by atoms with E-state index in [4.69, 9.17) is 13.9 Å². The zero-order valence-corrected chi connectivity index (χ0v) is 21.4. The summed E-state index contributed by atoms with van der Waals surface area (Å²) in [5, 5.41) is 32.9. The van der Waals surface area contributed by atoms with Gasteiger partial charge in [0, 0.05) is 18.9 Å². The zero-order chi connectivity index (χ0) is 27.1. The lowest BCUT2D eigenvalue weighted by atomic mass is 9.95. The molecule has 4 rings (SSSR count). The molecule has 3 aromatic heterocycles. The monoisotopic (exact) mass is 519 g/mol. The topological polar surface area (TPSA) is 153 Å². The molecule has 0 atom stereocenters. The van der Waals surface area contributed by atoms with Crippen molar-refractivity contribution in [3.8, 4) is 45.7 Å². The number of aromatic nitrogens is 4. The Hall–Kier alpha value is -4.67. The van der Waals surface area contributed by atoms with Crippen molar-refractivity contribution in [1.29, 1.82) is 0 Å². The Balaban J connectivity index is 1.69. The fourth-order valence-electron chi connectivity index (χ4n) is 4.02. The van der Waals surface area contributed by atoms with Gasteiger partial charge in [-0.3, -0.25) is 9.78 Å². The van der Waals surface area contributed by atoms with Crippen LogP contribution in [0.4, 0.5) is 0 Å². The lowest BCUT2D eigenvalue weighted by Crippen LogP contribution is -2.24. The van der Waals surface area contributed by atoms with Gasteiger partial charge in [0.2, 0.25) is 17.7 Å². The van der Waals surface area contributed by atoms with E-state index in [1.165, 1.54) is 14.2 Å². The highest BCUT2D eigenvalue weighted by Crippen LogP contribution is 2.49. The van der Waals surface area contributed by atoms with Gasteiger partial charge < -0.3 is 29.4 Å². The molecular weight excluding hydrogens is 490 g/mol. The Morgan fingerprint density at radius 1 is 1.03 bits per heavy atom. The van der Waals surface area contributed by atoms with Crippen LogP contribution in [0.25, 0.3) is 22.6 Å². The molecule has 0 spiro atoms. The van der Waals surface area contributed by atoms with Crippen LogP contribution in [0.3, 0.4) is 0 Å². The SMILES string of the molecule is CCCCc1nc(O)c(-c2nnc(CC(=O)NCc3cccnc3)o2)c(O)c1-c1c(OC)cccc1OC. The largest absolute Gasteiger partial charge is 0.506 e. The molecule has 38 heavy (non-hydrogen) atoms. The van der Waals surface area contributed by atoms with Gasteiger partial charge in [0.1, 0.15) is 29.2 Å². The highest BCUT2D eigenvalue weighted by atomic mass is 16.5. The van der Waals surface area contributed by atoms with Crippen LogP contribution in [0.15, 0.2) is 47.1 Å². The fourth-order valence-corrected chi connectivity index (χ4v) is 4.02. The van der Waals surface area contributed by atoms with Gasteiger partial charge in [0.25, 0.3) is 5.89 Å². The van der Waals surface area contributed by atoms with Gasteiger partial charge in [-0.2, -0.15) is 0 Å². The number of ether oxygens (including phenoxy) is 2. The summed E-state index contributed by atoms with van der Waals surface area (Å²) >= 11 is 0. The molecule has 0 aliphatic carbocycles. The molecule has 0 unspecified atom stereocenters. The van der Waals surface area contributed by atoms with Crippen LogP contribution < -0.4 is 14.8 Å². The number of nitrogens with zero attached hydrogens (tertiary/aromatic N) is 4. The van der Waals surface area contributed by atoms with E-state index in [0.717, 1.165) is 18.4 Å². The van der Waals surface area contributed by atoms with Crippen molar-refractivity contribution >= 4 is 5.91 Å². The number of hydrogen-bond acceptors (Lipinski definition) is 10. The minimum atomic E-state index is -0.470. The van der Waals surface area contributed by atoms with Crippen LogP contribution in [-0.2, 0) is 24.2 Å². The fraction of sp³-hybridized carbons (Fsp3) is 0.296. The maximum absolute atomic E-state index is 12.4. The van der Waals surface area contributed by atoms with Crippen molar-refractivity contribution in [2.75, 3.05) is 14.2 Å². The standard InChI is InChI=1S/C27H29N5O6/c1-4-5-9-17-22(23-18(36-2)10-6-11-19(23)37-3)25(34)24(26(35)30-17)27-32-31-21(38-27)13-20(33)29-15-16-8-7-12-28-14-16/h6-8,10-12,14H,4-5,9,13,15H2,1-3H3,(H,29,33)(H2,30,34,35). The Morgan fingerprint density at radius 3 is 2.45 bits per heavy atom. The number of amides is 1. The molecule has 0 saturated heterocycles. The molecule has 1 amide bonds. The minimum absolute atomic E-state index is 0.00830. The van der Waals surface area contributed by atoms with E-state index in [0.29, 0.717) is 41.3 Å². The Bertz CT molecular complexity index is 1380. The van der Waals surface area contributed by atoms with Crippen molar-refractivity contribution in [3.63, 3.8) is 0 Å². The van der Waals surface area contributed by atoms with Crippen molar-refractivity contribution in [2.24, 2.45) is 0 Å². The third-order valence-electron chi connectivity index (χ3n) is 5.88. The summed E-state index contributed by atoms with van der Waals surface area (Å²) < 4.78 is 16.8. The second-order valence-corrected chi connectivity index (χ2v) is 8.44. The molecular formula is C27H29N5O6. The van der Waals surface area contributed by atoms with E-state index in [1.807, 2.05) is 13.0 Å². The van der Waals surface area contributed by atoms with Crippen LogP contribution in [-0.4, -0.2) is 50.5 Å². The summed E-state index contributed by atoms with van der Waals surface area (Å²) in [5.74, 6) is -0.400. The number of pyridine rings is 2. The van der Waals surface area contributed by atoms with Crippen molar-refractivity contribution in [3.05, 3.63) is 59.9 Å². The number of carbonyl (C=O) groups is 1. The number of benzene rings is 1. The molecule has 3 heterocycles. The highest BCUT2D eigenvalue weighted by Gasteiger charge is 2.29. The van der Waals surface area contributed by atoms with E-state index < -0.39 is 5.88 Å². The number of hydrogen-bond donors (Lipinski definition) is 3. The lowest BCUT2D eigenvalue weighted by Gasteiger charge is -2.18. The van der Waals surface area contributed by atoms with Crippen LogP contribution in [0.2, 0.25) is 0 Å². The first-order valence-electron chi connectivity index (χ1n) is 12.1. The molecule has 4 aromatic rings. The van der Waals surface area contributed by atoms with Crippen LogP contribution in [0, 0.1) is 0 Å².